The zero-order chi connectivity index (χ0) is 10.6. The van der Waals surface area contributed by atoms with Crippen LogP contribution in [0.1, 0.15) is 26.6 Å². The van der Waals surface area contributed by atoms with Crippen LogP contribution in [0, 0.1) is 5.92 Å². The highest BCUT2D eigenvalue weighted by Crippen LogP contribution is 2.21. The summed E-state index contributed by atoms with van der Waals surface area (Å²) in [5.74, 6) is 2.55. The minimum atomic E-state index is 0.545. The molecule has 0 N–H and O–H groups in total. The lowest BCUT2D eigenvalue weighted by atomic mass is 10.3. The summed E-state index contributed by atoms with van der Waals surface area (Å²) in [5.41, 5.74) is 0. The van der Waals surface area contributed by atoms with Crippen molar-refractivity contribution < 1.29 is 0 Å². The van der Waals surface area contributed by atoms with Crippen LogP contribution in [0.5, 0.6) is 0 Å². The van der Waals surface area contributed by atoms with Crippen LogP contribution in [0.15, 0.2) is 11.1 Å². The lowest BCUT2D eigenvalue weighted by Gasteiger charge is -2.05. The molecule has 0 bridgehead atoms. The lowest BCUT2D eigenvalue weighted by molar-refractivity contribution is 0.748. The van der Waals surface area contributed by atoms with Gasteiger partial charge in [-0.15, -0.1) is 11.8 Å². The first-order valence-corrected chi connectivity index (χ1v) is 6.14. The van der Waals surface area contributed by atoms with E-state index >= 15 is 0 Å². The SMILES string of the molecule is CCc1nc(Cl)cc(SCC(C)C)n1. The molecule has 0 radical (unpaired) electrons. The molecule has 0 spiro atoms. The molecule has 0 saturated carbocycles. The summed E-state index contributed by atoms with van der Waals surface area (Å²) >= 11 is 7.62. The molecule has 78 valence electrons. The maximum Gasteiger partial charge on any atom is 0.133 e. The molecule has 0 aliphatic heterocycles. The molecule has 1 rings (SSSR count). The Bertz CT molecular complexity index is 302. The molecule has 0 atom stereocenters. The van der Waals surface area contributed by atoms with Gasteiger partial charge in [-0.1, -0.05) is 32.4 Å². The number of rotatable bonds is 4. The number of aryl methyl sites for hydroxylation is 1. The van der Waals surface area contributed by atoms with Crippen molar-refractivity contribution in [2.75, 3.05) is 5.75 Å². The summed E-state index contributed by atoms with van der Waals surface area (Å²) in [4.78, 5) is 8.51. The van der Waals surface area contributed by atoms with Crippen molar-refractivity contribution in [2.24, 2.45) is 5.92 Å². The number of aromatic nitrogens is 2. The van der Waals surface area contributed by atoms with Crippen LogP contribution in [0.25, 0.3) is 0 Å². The number of thioether (sulfide) groups is 1. The Labute approximate surface area is 94.5 Å². The van der Waals surface area contributed by atoms with Crippen molar-refractivity contribution in [3.63, 3.8) is 0 Å². The zero-order valence-corrected chi connectivity index (χ0v) is 10.3. The number of hydrogen-bond donors (Lipinski definition) is 0. The first-order chi connectivity index (χ1) is 6.61. The van der Waals surface area contributed by atoms with Gasteiger partial charge in [0.15, 0.2) is 0 Å². The van der Waals surface area contributed by atoms with E-state index in [2.05, 4.69) is 23.8 Å². The van der Waals surface area contributed by atoms with E-state index in [1.165, 1.54) is 0 Å². The first kappa shape index (κ1) is 11.8. The summed E-state index contributed by atoms with van der Waals surface area (Å²) in [6, 6.07) is 1.83. The summed E-state index contributed by atoms with van der Waals surface area (Å²) in [7, 11) is 0. The van der Waals surface area contributed by atoms with Crippen LogP contribution in [0.2, 0.25) is 5.15 Å². The van der Waals surface area contributed by atoms with Crippen molar-refractivity contribution in [3.8, 4) is 0 Å². The van der Waals surface area contributed by atoms with E-state index in [-0.39, 0.29) is 0 Å². The number of hydrogen-bond acceptors (Lipinski definition) is 3. The maximum absolute atomic E-state index is 5.88. The second kappa shape index (κ2) is 5.56. The van der Waals surface area contributed by atoms with Crippen molar-refractivity contribution in [1.29, 1.82) is 0 Å². The molecule has 2 nitrogen and oxygen atoms in total. The third-order valence-electron chi connectivity index (χ3n) is 1.60. The smallest absolute Gasteiger partial charge is 0.133 e. The fourth-order valence-corrected chi connectivity index (χ4v) is 2.06. The van der Waals surface area contributed by atoms with Crippen molar-refractivity contribution in [2.45, 2.75) is 32.2 Å². The molecule has 1 heterocycles. The van der Waals surface area contributed by atoms with Crippen LogP contribution in [-0.4, -0.2) is 15.7 Å². The van der Waals surface area contributed by atoms with Crippen molar-refractivity contribution in [3.05, 3.63) is 17.0 Å². The van der Waals surface area contributed by atoms with Crippen LogP contribution >= 0.6 is 23.4 Å². The first-order valence-electron chi connectivity index (χ1n) is 4.78. The molecule has 0 unspecified atom stereocenters. The Morgan fingerprint density at radius 3 is 2.71 bits per heavy atom. The largest absolute Gasteiger partial charge is 0.227 e. The zero-order valence-electron chi connectivity index (χ0n) is 8.75. The molecular formula is C10H15ClN2S. The summed E-state index contributed by atoms with van der Waals surface area (Å²) in [6.07, 6.45) is 0.829. The third-order valence-corrected chi connectivity index (χ3v) is 3.13. The van der Waals surface area contributed by atoms with Gasteiger partial charge >= 0.3 is 0 Å². The van der Waals surface area contributed by atoms with E-state index in [9.17, 15) is 0 Å². The molecule has 4 heteroatoms. The predicted molar refractivity (Wildman–Crippen MR) is 62.0 cm³/mol. The molecule has 0 fully saturated rings. The van der Waals surface area contributed by atoms with E-state index < -0.39 is 0 Å². The molecule has 0 aliphatic carbocycles. The van der Waals surface area contributed by atoms with E-state index in [0.29, 0.717) is 11.1 Å². The van der Waals surface area contributed by atoms with Crippen LogP contribution in [0.3, 0.4) is 0 Å². The second-order valence-electron chi connectivity index (χ2n) is 3.50. The quantitative estimate of drug-likeness (QED) is 0.586. The number of nitrogens with zero attached hydrogens (tertiary/aromatic N) is 2. The molecule has 0 amide bonds. The average Bonchev–Trinajstić information content (AvgIpc) is 2.14. The Morgan fingerprint density at radius 1 is 1.43 bits per heavy atom. The molecule has 1 aromatic heterocycles. The van der Waals surface area contributed by atoms with Crippen molar-refractivity contribution in [1.82, 2.24) is 9.97 Å². The topological polar surface area (TPSA) is 25.8 Å². The summed E-state index contributed by atoms with van der Waals surface area (Å²) in [5, 5.41) is 1.53. The van der Waals surface area contributed by atoms with E-state index in [1.54, 1.807) is 11.8 Å². The summed E-state index contributed by atoms with van der Waals surface area (Å²) < 4.78 is 0. The van der Waals surface area contributed by atoms with E-state index in [1.807, 2.05) is 13.0 Å². The van der Waals surface area contributed by atoms with Gasteiger partial charge in [0.25, 0.3) is 0 Å². The third kappa shape index (κ3) is 3.84. The van der Waals surface area contributed by atoms with Crippen molar-refractivity contribution >= 4 is 23.4 Å². The molecular weight excluding hydrogens is 216 g/mol. The number of halogens is 1. The van der Waals surface area contributed by atoms with E-state index in [4.69, 9.17) is 11.6 Å². The Hall–Kier alpha value is -0.280. The Kier molecular flexibility index (Phi) is 4.69. The maximum atomic E-state index is 5.88. The standard InChI is InChI=1S/C10H15ClN2S/c1-4-9-12-8(11)5-10(13-9)14-6-7(2)3/h5,7H,4,6H2,1-3H3. The Balaban J connectivity index is 2.71. The van der Waals surface area contributed by atoms with Gasteiger partial charge in [0.05, 0.1) is 0 Å². The average molecular weight is 231 g/mol. The van der Waals surface area contributed by atoms with Gasteiger partial charge in [0.2, 0.25) is 0 Å². The second-order valence-corrected chi connectivity index (χ2v) is 4.93. The molecule has 0 saturated heterocycles. The highest BCUT2D eigenvalue weighted by atomic mass is 35.5. The van der Waals surface area contributed by atoms with Gasteiger partial charge in [-0.3, -0.25) is 0 Å². The van der Waals surface area contributed by atoms with E-state index in [0.717, 1.165) is 23.0 Å². The van der Waals surface area contributed by atoms with Crippen LogP contribution < -0.4 is 0 Å². The Morgan fingerprint density at radius 2 is 2.14 bits per heavy atom. The highest BCUT2D eigenvalue weighted by molar-refractivity contribution is 7.99. The van der Waals surface area contributed by atoms with Gasteiger partial charge in [-0.05, 0) is 5.92 Å². The summed E-state index contributed by atoms with van der Waals surface area (Å²) in [6.45, 7) is 6.41. The highest BCUT2D eigenvalue weighted by Gasteiger charge is 2.03. The minimum Gasteiger partial charge on any atom is -0.227 e. The monoisotopic (exact) mass is 230 g/mol. The van der Waals surface area contributed by atoms with Gasteiger partial charge in [-0.2, -0.15) is 0 Å². The normalized spacial score (nSPS) is 10.9. The van der Waals surface area contributed by atoms with Gasteiger partial charge < -0.3 is 0 Å². The lowest BCUT2D eigenvalue weighted by Crippen LogP contribution is -1.97. The molecule has 14 heavy (non-hydrogen) atoms. The molecule has 0 aliphatic rings. The van der Waals surface area contributed by atoms with Gasteiger partial charge in [0.1, 0.15) is 16.0 Å². The fourth-order valence-electron chi connectivity index (χ4n) is 0.926. The molecule has 0 aromatic carbocycles. The van der Waals surface area contributed by atoms with Gasteiger partial charge in [-0.25, -0.2) is 9.97 Å². The fraction of sp³-hybridized carbons (Fsp3) is 0.600. The van der Waals surface area contributed by atoms with Crippen LogP contribution in [-0.2, 0) is 6.42 Å². The minimum absolute atomic E-state index is 0.545. The predicted octanol–water partition coefficient (Wildman–Crippen LogP) is 3.44. The molecule has 1 aromatic rings. The van der Waals surface area contributed by atoms with Crippen LogP contribution in [0.4, 0.5) is 0 Å². The van der Waals surface area contributed by atoms with Gasteiger partial charge in [0, 0.05) is 18.2 Å².